The molecule has 1 saturated heterocycles. The van der Waals surface area contributed by atoms with E-state index < -0.39 is 17.7 Å². The largest absolute Gasteiger partial charge is 0.507 e. The highest BCUT2D eigenvalue weighted by Gasteiger charge is 2.46. The normalized spacial score (nSPS) is 19.7. The van der Waals surface area contributed by atoms with Gasteiger partial charge in [-0.25, -0.2) is 0 Å². The number of ether oxygens (including phenoxy) is 3. The highest BCUT2D eigenvalue weighted by Crippen LogP contribution is 2.43. The molecule has 2 atom stereocenters. The Balaban J connectivity index is 1.75. The predicted octanol–water partition coefficient (Wildman–Crippen LogP) is 5.35. The maximum absolute atomic E-state index is 13.5. The van der Waals surface area contributed by atoms with Gasteiger partial charge in [-0.2, -0.15) is 0 Å². The first-order chi connectivity index (χ1) is 19.3. The average molecular weight is 551 g/mol. The van der Waals surface area contributed by atoms with Gasteiger partial charge in [-0.15, -0.1) is 0 Å². The second-order valence-corrected chi connectivity index (χ2v) is 10.4. The Morgan fingerprint density at radius 2 is 1.85 bits per heavy atom. The molecule has 0 aliphatic carbocycles. The van der Waals surface area contributed by atoms with Crippen LogP contribution in [0.2, 0.25) is 0 Å². The average Bonchev–Trinajstić information content (AvgIpc) is 3.46. The molecule has 2 heterocycles. The van der Waals surface area contributed by atoms with Crippen LogP contribution in [0.3, 0.4) is 0 Å². The number of methoxy groups -OCH3 is 1. The summed E-state index contributed by atoms with van der Waals surface area (Å²) in [6.45, 7) is 11.9. The second kappa shape index (κ2) is 13.2. The highest BCUT2D eigenvalue weighted by molar-refractivity contribution is 6.46. The van der Waals surface area contributed by atoms with Crippen LogP contribution < -0.4 is 14.2 Å². The van der Waals surface area contributed by atoms with Gasteiger partial charge in [0, 0.05) is 18.5 Å². The Bertz CT molecular complexity index is 1250. The number of likely N-dealkylation sites (tertiary alicyclic amines) is 1. The Hall–Kier alpha value is -3.52. The fourth-order valence-corrected chi connectivity index (χ4v) is 5.49. The van der Waals surface area contributed by atoms with Crippen LogP contribution in [-0.4, -0.2) is 72.6 Å². The van der Waals surface area contributed by atoms with Gasteiger partial charge in [0.2, 0.25) is 0 Å². The van der Waals surface area contributed by atoms with E-state index in [1.807, 2.05) is 31.2 Å². The molecule has 1 N–H and O–H groups in total. The number of hydrogen-bond acceptors (Lipinski definition) is 7. The fraction of sp³-hybridized carbons (Fsp3) is 0.500. The molecule has 216 valence electrons. The van der Waals surface area contributed by atoms with Crippen molar-refractivity contribution in [2.75, 3.05) is 39.9 Å². The number of unbranched alkanes of at least 4 members (excludes halogenated alkanes) is 1. The van der Waals surface area contributed by atoms with Crippen molar-refractivity contribution in [1.82, 2.24) is 9.80 Å². The number of rotatable bonds is 13. The predicted molar refractivity (Wildman–Crippen MR) is 155 cm³/mol. The van der Waals surface area contributed by atoms with Crippen LogP contribution in [-0.2, 0) is 16.0 Å². The number of aliphatic hydroxyl groups excluding tert-OH is 1. The van der Waals surface area contributed by atoms with E-state index in [-0.39, 0.29) is 17.4 Å². The monoisotopic (exact) mass is 550 g/mol. The Morgan fingerprint density at radius 1 is 1.07 bits per heavy atom. The van der Waals surface area contributed by atoms with Crippen molar-refractivity contribution < 1.29 is 28.9 Å². The smallest absolute Gasteiger partial charge is 0.295 e. The molecule has 2 aliphatic rings. The van der Waals surface area contributed by atoms with Crippen molar-refractivity contribution in [2.45, 2.75) is 65.5 Å². The third-order valence-electron chi connectivity index (χ3n) is 7.74. The summed E-state index contributed by atoms with van der Waals surface area (Å²) in [5.74, 6) is 0.432. The summed E-state index contributed by atoms with van der Waals surface area (Å²) < 4.78 is 17.4. The second-order valence-electron chi connectivity index (χ2n) is 10.4. The van der Waals surface area contributed by atoms with Crippen molar-refractivity contribution in [2.24, 2.45) is 0 Å². The molecule has 0 unspecified atom stereocenters. The number of nitrogens with zero attached hydrogens (tertiary/aromatic N) is 2. The Labute approximate surface area is 237 Å². The third kappa shape index (κ3) is 6.12. The Kier molecular flexibility index (Phi) is 9.74. The zero-order valence-corrected chi connectivity index (χ0v) is 24.4. The van der Waals surface area contributed by atoms with Gasteiger partial charge in [-0.1, -0.05) is 33.3 Å². The summed E-state index contributed by atoms with van der Waals surface area (Å²) in [5.41, 5.74) is 2.23. The van der Waals surface area contributed by atoms with Crippen molar-refractivity contribution >= 4 is 17.4 Å². The molecule has 0 bridgehead atoms. The molecule has 0 saturated carbocycles. The van der Waals surface area contributed by atoms with Crippen molar-refractivity contribution in [3.05, 3.63) is 58.7 Å². The molecular weight excluding hydrogens is 508 g/mol. The molecule has 8 nitrogen and oxygen atoms in total. The summed E-state index contributed by atoms with van der Waals surface area (Å²) in [6, 6.07) is 10.1. The van der Waals surface area contributed by atoms with Gasteiger partial charge >= 0.3 is 0 Å². The summed E-state index contributed by atoms with van der Waals surface area (Å²) in [4.78, 5) is 30.8. The van der Waals surface area contributed by atoms with E-state index in [1.54, 1.807) is 24.1 Å². The first kappa shape index (κ1) is 29.5. The van der Waals surface area contributed by atoms with E-state index in [9.17, 15) is 14.7 Å². The maximum atomic E-state index is 13.5. The lowest BCUT2D eigenvalue weighted by atomic mass is 9.94. The number of fused-ring (bicyclic) bond motifs is 1. The first-order valence-electron chi connectivity index (χ1n) is 14.4. The molecule has 2 aromatic carbocycles. The molecule has 2 aliphatic heterocycles. The SMILES string of the molecule is CCCCOc1ccc([C@H]2/C(=C(\O)c3ccc4c(c3)C[C@@H](C)O4)C(=O)C(=O)N2CCCN(CC)CC)cc1OC. The molecular formula is C32H42N2O6. The minimum absolute atomic E-state index is 0.0503. The summed E-state index contributed by atoms with van der Waals surface area (Å²) in [6.07, 6.45) is 3.40. The molecule has 4 rings (SSSR count). The topological polar surface area (TPSA) is 88.5 Å². The zero-order valence-electron chi connectivity index (χ0n) is 24.4. The molecule has 1 fully saturated rings. The van der Waals surface area contributed by atoms with Crippen LogP contribution in [0.1, 0.15) is 69.7 Å². The van der Waals surface area contributed by atoms with E-state index in [4.69, 9.17) is 14.2 Å². The van der Waals surface area contributed by atoms with Crippen LogP contribution >= 0.6 is 0 Å². The number of benzene rings is 2. The van der Waals surface area contributed by atoms with Gasteiger partial charge in [0.1, 0.15) is 17.6 Å². The quantitative estimate of drug-likeness (QED) is 0.156. The van der Waals surface area contributed by atoms with Crippen LogP contribution in [0, 0.1) is 0 Å². The van der Waals surface area contributed by atoms with E-state index in [2.05, 4.69) is 25.7 Å². The van der Waals surface area contributed by atoms with Gasteiger partial charge < -0.3 is 29.1 Å². The van der Waals surface area contributed by atoms with Gasteiger partial charge in [-0.05, 0) is 80.9 Å². The standard InChI is InChI=1S/C32H42N2O6/c1-6-9-17-39-26-14-11-22(20-27(26)38-5)29-28(30(35)23-12-13-25-24(19-23)18-21(4)40-25)31(36)32(37)34(29)16-10-15-33(7-2)8-3/h11-14,19-21,29,35H,6-10,15-18H2,1-5H3/b30-28+/t21-,29+/m1/s1. The maximum Gasteiger partial charge on any atom is 0.295 e. The molecule has 40 heavy (non-hydrogen) atoms. The molecule has 0 radical (unpaired) electrons. The van der Waals surface area contributed by atoms with Gasteiger partial charge in [0.15, 0.2) is 11.5 Å². The van der Waals surface area contributed by atoms with Gasteiger partial charge in [0.25, 0.3) is 11.7 Å². The van der Waals surface area contributed by atoms with Gasteiger partial charge in [-0.3, -0.25) is 9.59 Å². The molecule has 0 spiro atoms. The summed E-state index contributed by atoms with van der Waals surface area (Å²) >= 11 is 0. The lowest BCUT2D eigenvalue weighted by Gasteiger charge is -2.27. The third-order valence-corrected chi connectivity index (χ3v) is 7.74. The number of hydrogen-bond donors (Lipinski definition) is 1. The number of aliphatic hydroxyl groups is 1. The van der Waals surface area contributed by atoms with E-state index in [0.29, 0.717) is 42.2 Å². The minimum Gasteiger partial charge on any atom is -0.507 e. The Morgan fingerprint density at radius 3 is 2.55 bits per heavy atom. The molecule has 2 aromatic rings. The lowest BCUT2D eigenvalue weighted by molar-refractivity contribution is -0.140. The van der Waals surface area contributed by atoms with Crippen LogP contribution in [0.25, 0.3) is 5.76 Å². The molecule has 8 heteroatoms. The van der Waals surface area contributed by atoms with Crippen molar-refractivity contribution in [3.8, 4) is 17.2 Å². The summed E-state index contributed by atoms with van der Waals surface area (Å²) in [5, 5.41) is 11.5. The molecule has 0 aromatic heterocycles. The summed E-state index contributed by atoms with van der Waals surface area (Å²) in [7, 11) is 1.57. The van der Waals surface area contributed by atoms with Crippen LogP contribution in [0.4, 0.5) is 0 Å². The lowest BCUT2D eigenvalue weighted by Crippen LogP contribution is -2.33. The van der Waals surface area contributed by atoms with E-state index >= 15 is 0 Å². The number of amides is 1. The van der Waals surface area contributed by atoms with Gasteiger partial charge in [0.05, 0.1) is 25.3 Å². The first-order valence-corrected chi connectivity index (χ1v) is 14.4. The van der Waals surface area contributed by atoms with Crippen molar-refractivity contribution in [1.29, 1.82) is 0 Å². The number of carbonyl (C=O) groups excluding carboxylic acids is 2. The van der Waals surface area contributed by atoms with E-state index in [1.165, 1.54) is 0 Å². The van der Waals surface area contributed by atoms with Crippen LogP contribution in [0.15, 0.2) is 42.0 Å². The van der Waals surface area contributed by atoms with Crippen LogP contribution in [0.5, 0.6) is 17.2 Å². The number of carbonyl (C=O) groups is 2. The number of Topliss-reactive ketones (excluding diaryl/α,β-unsaturated/α-hetero) is 1. The fourth-order valence-electron chi connectivity index (χ4n) is 5.49. The highest BCUT2D eigenvalue weighted by atomic mass is 16.5. The molecule has 1 amide bonds. The van der Waals surface area contributed by atoms with Crippen molar-refractivity contribution in [3.63, 3.8) is 0 Å². The van der Waals surface area contributed by atoms with E-state index in [0.717, 1.165) is 50.2 Å². The zero-order chi connectivity index (χ0) is 28.8. The number of ketones is 1. The minimum atomic E-state index is -0.751.